The van der Waals surface area contributed by atoms with Crippen molar-refractivity contribution >= 4 is 21.7 Å². The van der Waals surface area contributed by atoms with E-state index in [1.807, 2.05) is 0 Å². The van der Waals surface area contributed by atoms with Crippen LogP contribution in [0.5, 0.6) is 0 Å². The SMILES string of the molecule is CCOC(=O)C1CCN(S(=O)(=O)c2ccc(C)c([N+](=O)[O-])c2)CC1. The summed E-state index contributed by atoms with van der Waals surface area (Å²) in [5, 5.41) is 11.0. The Morgan fingerprint density at radius 3 is 2.54 bits per heavy atom. The molecule has 24 heavy (non-hydrogen) atoms. The number of nitrogens with zero attached hydrogens (tertiary/aromatic N) is 2. The maximum absolute atomic E-state index is 12.7. The number of esters is 1. The van der Waals surface area contributed by atoms with E-state index in [9.17, 15) is 23.3 Å². The van der Waals surface area contributed by atoms with Gasteiger partial charge in [0.1, 0.15) is 0 Å². The molecule has 0 saturated carbocycles. The summed E-state index contributed by atoms with van der Waals surface area (Å²) in [5.74, 6) is -0.607. The maximum atomic E-state index is 12.7. The Hall–Kier alpha value is -2.00. The van der Waals surface area contributed by atoms with Gasteiger partial charge in [-0.15, -0.1) is 0 Å². The quantitative estimate of drug-likeness (QED) is 0.453. The van der Waals surface area contributed by atoms with Gasteiger partial charge < -0.3 is 4.74 Å². The third-order valence-electron chi connectivity index (χ3n) is 4.09. The molecule has 1 aromatic rings. The Kier molecular flexibility index (Phi) is 5.55. The first-order chi connectivity index (χ1) is 11.3. The van der Waals surface area contributed by atoms with Gasteiger partial charge in [-0.3, -0.25) is 14.9 Å². The molecule has 1 aromatic carbocycles. The lowest BCUT2D eigenvalue weighted by atomic mass is 9.98. The Morgan fingerprint density at radius 1 is 1.38 bits per heavy atom. The molecule has 0 spiro atoms. The molecule has 1 fully saturated rings. The molecule has 2 rings (SSSR count). The number of hydrogen-bond donors (Lipinski definition) is 0. The summed E-state index contributed by atoms with van der Waals surface area (Å²) in [7, 11) is -3.82. The Labute approximate surface area is 140 Å². The molecule has 8 nitrogen and oxygen atoms in total. The molecule has 1 aliphatic heterocycles. The average Bonchev–Trinajstić information content (AvgIpc) is 2.55. The van der Waals surface area contributed by atoms with Crippen LogP contribution in [0.3, 0.4) is 0 Å². The lowest BCUT2D eigenvalue weighted by Gasteiger charge is -2.30. The molecule has 0 bridgehead atoms. The zero-order valence-corrected chi connectivity index (χ0v) is 14.4. The van der Waals surface area contributed by atoms with Crippen molar-refractivity contribution in [2.45, 2.75) is 31.6 Å². The zero-order chi connectivity index (χ0) is 17.9. The highest BCUT2D eigenvalue weighted by molar-refractivity contribution is 7.89. The lowest BCUT2D eigenvalue weighted by Crippen LogP contribution is -2.40. The predicted octanol–water partition coefficient (Wildman–Crippen LogP) is 1.87. The smallest absolute Gasteiger partial charge is 0.309 e. The van der Waals surface area contributed by atoms with Gasteiger partial charge in [-0.05, 0) is 32.8 Å². The van der Waals surface area contributed by atoms with Crippen LogP contribution in [0, 0.1) is 23.0 Å². The van der Waals surface area contributed by atoms with Gasteiger partial charge in [-0.25, -0.2) is 8.42 Å². The first-order valence-electron chi connectivity index (χ1n) is 7.69. The molecule has 0 N–H and O–H groups in total. The van der Waals surface area contributed by atoms with Crippen LogP contribution in [0.1, 0.15) is 25.3 Å². The van der Waals surface area contributed by atoms with E-state index in [0.717, 1.165) is 6.07 Å². The Morgan fingerprint density at radius 2 is 2.00 bits per heavy atom. The van der Waals surface area contributed by atoms with Gasteiger partial charge in [-0.1, -0.05) is 6.07 Å². The molecular weight excluding hydrogens is 336 g/mol. The summed E-state index contributed by atoms with van der Waals surface area (Å²) in [6.45, 7) is 3.95. The second-order valence-electron chi connectivity index (χ2n) is 5.64. The maximum Gasteiger partial charge on any atom is 0.309 e. The third kappa shape index (κ3) is 3.73. The Balaban J connectivity index is 2.16. The largest absolute Gasteiger partial charge is 0.466 e. The fourth-order valence-electron chi connectivity index (χ4n) is 2.69. The van der Waals surface area contributed by atoms with Crippen molar-refractivity contribution in [3.63, 3.8) is 0 Å². The number of ether oxygens (including phenoxy) is 1. The summed E-state index contributed by atoms with van der Waals surface area (Å²) < 4.78 is 31.5. The third-order valence-corrected chi connectivity index (χ3v) is 5.98. The molecular formula is C15H20N2O6S. The number of aryl methyl sites for hydroxylation is 1. The second kappa shape index (κ2) is 7.27. The fourth-order valence-corrected chi connectivity index (χ4v) is 4.18. The molecule has 0 aromatic heterocycles. The van der Waals surface area contributed by atoms with E-state index in [2.05, 4.69) is 0 Å². The fraction of sp³-hybridized carbons (Fsp3) is 0.533. The van der Waals surface area contributed by atoms with Crippen LogP contribution in [0.25, 0.3) is 0 Å². The second-order valence-corrected chi connectivity index (χ2v) is 7.57. The van der Waals surface area contributed by atoms with Crippen LogP contribution < -0.4 is 0 Å². The normalized spacial score (nSPS) is 16.8. The minimum atomic E-state index is -3.82. The highest BCUT2D eigenvalue weighted by atomic mass is 32.2. The molecule has 0 aliphatic carbocycles. The van der Waals surface area contributed by atoms with E-state index in [0.29, 0.717) is 25.0 Å². The zero-order valence-electron chi connectivity index (χ0n) is 13.6. The van der Waals surface area contributed by atoms with Gasteiger partial charge in [-0.2, -0.15) is 4.31 Å². The molecule has 1 heterocycles. The van der Waals surface area contributed by atoms with Gasteiger partial charge in [0.05, 0.1) is 22.3 Å². The molecule has 132 valence electrons. The minimum absolute atomic E-state index is 0.102. The summed E-state index contributed by atoms with van der Waals surface area (Å²) in [6, 6.07) is 3.88. The predicted molar refractivity (Wildman–Crippen MR) is 85.9 cm³/mol. The molecule has 1 aliphatic rings. The highest BCUT2D eigenvalue weighted by Gasteiger charge is 2.33. The monoisotopic (exact) mass is 356 g/mol. The van der Waals surface area contributed by atoms with Gasteiger partial charge >= 0.3 is 5.97 Å². The Bertz CT molecular complexity index is 738. The van der Waals surface area contributed by atoms with Gasteiger partial charge in [0.2, 0.25) is 10.0 Å². The topological polar surface area (TPSA) is 107 Å². The van der Waals surface area contributed by atoms with Crippen molar-refractivity contribution in [2.75, 3.05) is 19.7 Å². The van der Waals surface area contributed by atoms with Crippen molar-refractivity contribution in [3.8, 4) is 0 Å². The van der Waals surface area contributed by atoms with Crippen molar-refractivity contribution in [1.29, 1.82) is 0 Å². The number of sulfonamides is 1. The number of carbonyl (C=O) groups is 1. The molecule has 0 unspecified atom stereocenters. The molecule has 9 heteroatoms. The number of benzene rings is 1. The van der Waals surface area contributed by atoms with Crippen LogP contribution in [0.2, 0.25) is 0 Å². The number of piperidine rings is 1. The average molecular weight is 356 g/mol. The molecule has 0 atom stereocenters. The summed E-state index contributed by atoms with van der Waals surface area (Å²) in [6.07, 6.45) is 0.762. The van der Waals surface area contributed by atoms with Gasteiger partial charge in [0, 0.05) is 24.7 Å². The standard InChI is InChI=1S/C15H20N2O6S/c1-3-23-15(18)12-6-8-16(9-7-12)24(21,22)13-5-4-11(2)14(10-13)17(19)20/h4-5,10,12H,3,6-9H2,1-2H3. The van der Waals surface area contributed by atoms with Crippen molar-refractivity contribution in [3.05, 3.63) is 33.9 Å². The number of nitro benzene ring substituents is 1. The summed E-state index contributed by atoms with van der Waals surface area (Å²) in [4.78, 5) is 22.0. The van der Waals surface area contributed by atoms with E-state index < -0.39 is 14.9 Å². The van der Waals surface area contributed by atoms with Gasteiger partial charge in [0.15, 0.2) is 0 Å². The number of rotatable bonds is 5. The van der Waals surface area contributed by atoms with Crippen LogP contribution in [-0.2, 0) is 19.6 Å². The highest BCUT2D eigenvalue weighted by Crippen LogP contribution is 2.28. The number of hydrogen-bond acceptors (Lipinski definition) is 6. The van der Waals surface area contributed by atoms with E-state index in [4.69, 9.17) is 4.74 Å². The summed E-state index contributed by atoms with van der Waals surface area (Å²) in [5.41, 5.74) is 0.178. The van der Waals surface area contributed by atoms with Crippen molar-refractivity contribution < 1.29 is 22.9 Å². The van der Waals surface area contributed by atoms with E-state index in [-0.39, 0.29) is 35.6 Å². The van der Waals surface area contributed by atoms with E-state index in [1.165, 1.54) is 16.4 Å². The van der Waals surface area contributed by atoms with Gasteiger partial charge in [0.25, 0.3) is 5.69 Å². The van der Waals surface area contributed by atoms with Crippen LogP contribution in [0.15, 0.2) is 23.1 Å². The first-order valence-corrected chi connectivity index (χ1v) is 9.13. The molecule has 1 saturated heterocycles. The minimum Gasteiger partial charge on any atom is -0.466 e. The summed E-state index contributed by atoms with van der Waals surface area (Å²) >= 11 is 0. The van der Waals surface area contributed by atoms with E-state index >= 15 is 0 Å². The van der Waals surface area contributed by atoms with Crippen LogP contribution in [-0.4, -0.2) is 43.3 Å². The first kappa shape index (κ1) is 18.3. The van der Waals surface area contributed by atoms with Crippen LogP contribution in [0.4, 0.5) is 5.69 Å². The van der Waals surface area contributed by atoms with E-state index in [1.54, 1.807) is 13.8 Å². The molecule has 0 amide bonds. The lowest BCUT2D eigenvalue weighted by molar-refractivity contribution is -0.385. The number of nitro groups is 1. The number of carbonyl (C=O) groups excluding carboxylic acids is 1. The van der Waals surface area contributed by atoms with Crippen molar-refractivity contribution in [1.82, 2.24) is 4.31 Å². The van der Waals surface area contributed by atoms with Crippen molar-refractivity contribution in [2.24, 2.45) is 5.92 Å². The van der Waals surface area contributed by atoms with Crippen LogP contribution >= 0.6 is 0 Å². The molecule has 0 radical (unpaired) electrons.